The van der Waals surface area contributed by atoms with Crippen LogP contribution in [0.25, 0.3) is 0 Å². The van der Waals surface area contributed by atoms with Crippen LogP contribution in [0.1, 0.15) is 18.5 Å². The van der Waals surface area contributed by atoms with Crippen molar-refractivity contribution in [3.05, 3.63) is 18.2 Å². The van der Waals surface area contributed by atoms with Crippen LogP contribution >= 0.6 is 0 Å². The zero-order valence-corrected chi connectivity index (χ0v) is 10.2. The summed E-state index contributed by atoms with van der Waals surface area (Å²) in [4.78, 5) is 11.2. The first kappa shape index (κ1) is 14.0. The summed E-state index contributed by atoms with van der Waals surface area (Å²) in [5.41, 5.74) is 1.05. The number of guanidine groups is 1. The molecule has 1 heterocycles. The molecule has 7 heteroatoms. The van der Waals surface area contributed by atoms with Gasteiger partial charge in [-0.05, 0) is 19.3 Å². The number of aliphatic hydroxyl groups excluding tert-OH is 1. The summed E-state index contributed by atoms with van der Waals surface area (Å²) >= 11 is 0. The monoisotopic (exact) mass is 250 g/mol. The molecular formula is C11H18N6O. The molecule has 7 nitrogen and oxygen atoms in total. The highest BCUT2D eigenvalue weighted by Gasteiger charge is 1.97. The Balaban J connectivity index is 2.17. The van der Waals surface area contributed by atoms with Crippen LogP contribution in [0.3, 0.4) is 0 Å². The predicted octanol–water partition coefficient (Wildman–Crippen LogP) is -0.259. The lowest BCUT2D eigenvalue weighted by atomic mass is 10.2. The summed E-state index contributed by atoms with van der Waals surface area (Å²) in [5.74, 6) is 0.409. The Hall–Kier alpha value is -2.07. The fourth-order valence-electron chi connectivity index (χ4n) is 1.40. The van der Waals surface area contributed by atoms with Gasteiger partial charge in [0, 0.05) is 19.3 Å². The highest BCUT2D eigenvalue weighted by Crippen LogP contribution is 2.00. The topological polar surface area (TPSA) is 109 Å². The van der Waals surface area contributed by atoms with Gasteiger partial charge in [-0.1, -0.05) is 0 Å². The van der Waals surface area contributed by atoms with Gasteiger partial charge in [0.1, 0.15) is 0 Å². The number of nitriles is 1. The van der Waals surface area contributed by atoms with Gasteiger partial charge in [0.2, 0.25) is 5.96 Å². The van der Waals surface area contributed by atoms with E-state index in [9.17, 15) is 0 Å². The molecule has 0 atom stereocenters. The number of nitrogens with zero attached hydrogens (tertiary/aromatic N) is 3. The quantitative estimate of drug-likeness (QED) is 0.175. The van der Waals surface area contributed by atoms with Gasteiger partial charge in [-0.3, -0.25) is 10.3 Å². The molecule has 0 fully saturated rings. The molecule has 0 aliphatic carbocycles. The average Bonchev–Trinajstić information content (AvgIpc) is 2.88. The van der Waals surface area contributed by atoms with Crippen molar-refractivity contribution < 1.29 is 5.11 Å². The zero-order chi connectivity index (χ0) is 13.1. The Morgan fingerprint density at radius 2 is 2.44 bits per heavy atom. The fraction of sp³-hybridized carbons (Fsp3) is 0.545. The molecule has 1 aromatic rings. The number of hydrogen-bond donors (Lipinski definition) is 4. The maximum atomic E-state index is 8.66. The standard InChI is InChI=1S/C11H18N6O/c12-8-16-11(15-5-6-18)14-4-2-1-3-10-7-13-9-17-10/h7,9,18H,1-6H2,(H,13,17)(H2,14,15,16). The van der Waals surface area contributed by atoms with E-state index >= 15 is 0 Å². The Morgan fingerprint density at radius 1 is 1.56 bits per heavy atom. The number of aliphatic hydroxyl groups is 1. The second-order valence-electron chi connectivity index (χ2n) is 3.64. The molecule has 0 amide bonds. The van der Waals surface area contributed by atoms with Crippen molar-refractivity contribution in [2.75, 3.05) is 19.7 Å². The number of imidazole rings is 1. The van der Waals surface area contributed by atoms with Crippen LogP contribution in [0.5, 0.6) is 0 Å². The third-order valence-electron chi connectivity index (χ3n) is 2.24. The number of rotatable bonds is 7. The molecular weight excluding hydrogens is 232 g/mol. The molecule has 18 heavy (non-hydrogen) atoms. The van der Waals surface area contributed by atoms with E-state index in [1.807, 2.05) is 6.20 Å². The van der Waals surface area contributed by atoms with Gasteiger partial charge in [-0.15, -0.1) is 0 Å². The highest BCUT2D eigenvalue weighted by molar-refractivity contribution is 5.81. The normalized spacial score (nSPS) is 11.0. The third-order valence-corrected chi connectivity index (χ3v) is 2.24. The minimum absolute atomic E-state index is 0.00525. The maximum Gasteiger partial charge on any atom is 0.204 e. The van der Waals surface area contributed by atoms with Crippen molar-refractivity contribution in [1.29, 1.82) is 5.26 Å². The Kier molecular flexibility index (Phi) is 7.01. The Morgan fingerprint density at radius 3 is 3.11 bits per heavy atom. The summed E-state index contributed by atoms with van der Waals surface area (Å²) in [6.07, 6.45) is 8.19. The molecule has 0 bridgehead atoms. The first-order chi connectivity index (χ1) is 8.86. The van der Waals surface area contributed by atoms with Crippen LogP contribution in [0.2, 0.25) is 0 Å². The molecule has 0 aliphatic heterocycles. The minimum atomic E-state index is 0.00525. The van der Waals surface area contributed by atoms with Crippen LogP contribution in [0.4, 0.5) is 0 Å². The van der Waals surface area contributed by atoms with Crippen LogP contribution in [-0.2, 0) is 6.42 Å². The summed E-state index contributed by atoms with van der Waals surface area (Å²) in [6, 6.07) is 0. The first-order valence-electron chi connectivity index (χ1n) is 5.88. The van der Waals surface area contributed by atoms with Gasteiger partial charge in [0.15, 0.2) is 6.19 Å². The maximum absolute atomic E-state index is 8.66. The Labute approximate surface area is 106 Å². The van der Waals surface area contributed by atoms with Crippen LogP contribution in [0.15, 0.2) is 17.5 Å². The molecule has 0 unspecified atom stereocenters. The number of aromatic nitrogens is 2. The number of aryl methyl sites for hydroxylation is 1. The summed E-state index contributed by atoms with van der Waals surface area (Å²) in [7, 11) is 0. The number of H-pyrrole nitrogens is 1. The average molecular weight is 250 g/mol. The van der Waals surface area contributed by atoms with E-state index in [4.69, 9.17) is 10.4 Å². The molecule has 0 saturated carbocycles. The van der Waals surface area contributed by atoms with Crippen molar-refractivity contribution in [2.24, 2.45) is 4.99 Å². The predicted molar refractivity (Wildman–Crippen MR) is 67.7 cm³/mol. The number of hydrogen-bond acceptors (Lipinski definition) is 4. The first-order valence-corrected chi connectivity index (χ1v) is 5.88. The van der Waals surface area contributed by atoms with E-state index in [-0.39, 0.29) is 6.61 Å². The smallest absolute Gasteiger partial charge is 0.204 e. The molecule has 1 aromatic heterocycles. The van der Waals surface area contributed by atoms with E-state index in [0.717, 1.165) is 25.0 Å². The molecule has 1 rings (SSSR count). The van der Waals surface area contributed by atoms with Gasteiger partial charge in [0.25, 0.3) is 0 Å². The molecule has 0 radical (unpaired) electrons. The van der Waals surface area contributed by atoms with Crippen molar-refractivity contribution in [1.82, 2.24) is 20.6 Å². The summed E-state index contributed by atoms with van der Waals surface area (Å²) < 4.78 is 0. The van der Waals surface area contributed by atoms with Crippen molar-refractivity contribution in [3.8, 4) is 6.19 Å². The van der Waals surface area contributed by atoms with Crippen LogP contribution < -0.4 is 10.6 Å². The third kappa shape index (κ3) is 5.86. The van der Waals surface area contributed by atoms with Gasteiger partial charge in [0.05, 0.1) is 18.6 Å². The second-order valence-corrected chi connectivity index (χ2v) is 3.64. The molecule has 0 aliphatic rings. The lowest BCUT2D eigenvalue weighted by Crippen LogP contribution is -2.36. The van der Waals surface area contributed by atoms with Gasteiger partial charge < -0.3 is 15.4 Å². The van der Waals surface area contributed by atoms with Gasteiger partial charge in [-0.2, -0.15) is 5.26 Å². The van der Waals surface area contributed by atoms with Gasteiger partial charge >= 0.3 is 0 Å². The SMILES string of the molecule is N#CN/C(=N\CCCCc1c[nH]cn1)NCCO. The van der Waals surface area contributed by atoms with Crippen LogP contribution in [-0.4, -0.2) is 40.7 Å². The fourth-order valence-corrected chi connectivity index (χ4v) is 1.40. The summed E-state index contributed by atoms with van der Waals surface area (Å²) in [5, 5.41) is 22.4. The molecule has 0 spiro atoms. The lowest BCUT2D eigenvalue weighted by molar-refractivity contribution is 0.300. The number of unbranched alkanes of at least 4 members (excludes halogenated alkanes) is 1. The molecule has 98 valence electrons. The minimum Gasteiger partial charge on any atom is -0.395 e. The number of aliphatic imine (C=N–C) groups is 1. The van der Waals surface area contributed by atoms with E-state index in [2.05, 4.69) is 25.6 Å². The largest absolute Gasteiger partial charge is 0.395 e. The lowest BCUT2D eigenvalue weighted by Gasteiger charge is -2.05. The van der Waals surface area contributed by atoms with Gasteiger partial charge in [-0.25, -0.2) is 4.98 Å². The molecule has 0 saturated heterocycles. The second kappa shape index (κ2) is 9.01. The molecule has 4 N–H and O–H groups in total. The highest BCUT2D eigenvalue weighted by atomic mass is 16.3. The number of aromatic amines is 1. The molecule has 0 aromatic carbocycles. The van der Waals surface area contributed by atoms with Crippen molar-refractivity contribution >= 4 is 5.96 Å². The Bertz CT molecular complexity index is 381. The van der Waals surface area contributed by atoms with Crippen molar-refractivity contribution in [2.45, 2.75) is 19.3 Å². The van der Waals surface area contributed by atoms with E-state index < -0.39 is 0 Å². The van der Waals surface area contributed by atoms with E-state index in [1.54, 1.807) is 12.5 Å². The van der Waals surface area contributed by atoms with E-state index in [1.165, 1.54) is 0 Å². The summed E-state index contributed by atoms with van der Waals surface area (Å²) in [6.45, 7) is 1.01. The van der Waals surface area contributed by atoms with Crippen LogP contribution in [0, 0.1) is 11.5 Å². The van der Waals surface area contributed by atoms with Crippen molar-refractivity contribution in [3.63, 3.8) is 0 Å². The van der Waals surface area contributed by atoms with E-state index in [0.29, 0.717) is 19.0 Å². The number of nitrogens with one attached hydrogen (secondary N) is 3. The zero-order valence-electron chi connectivity index (χ0n) is 10.2.